The molecular formula is C23H26N4OS. The molecule has 3 atom stereocenters. The van der Waals surface area contributed by atoms with Crippen molar-refractivity contribution in [1.82, 2.24) is 14.9 Å². The molecule has 6 rings (SSSR count). The van der Waals surface area contributed by atoms with Crippen LogP contribution in [0.3, 0.4) is 0 Å². The third kappa shape index (κ3) is 3.28. The monoisotopic (exact) mass is 406 g/mol. The minimum Gasteiger partial charge on any atom is -0.368 e. The molecule has 0 aromatic carbocycles. The van der Waals surface area contributed by atoms with Gasteiger partial charge in [-0.15, -0.1) is 11.8 Å². The highest BCUT2D eigenvalue weighted by atomic mass is 32.2. The van der Waals surface area contributed by atoms with E-state index >= 15 is 0 Å². The minimum atomic E-state index is -0.594. The summed E-state index contributed by atoms with van der Waals surface area (Å²) < 4.78 is -0.594. The second-order valence-corrected chi connectivity index (χ2v) is 9.75. The first kappa shape index (κ1) is 18.8. The van der Waals surface area contributed by atoms with Gasteiger partial charge in [-0.05, 0) is 68.5 Å². The Bertz CT molecular complexity index is 911. The van der Waals surface area contributed by atoms with Crippen molar-refractivity contribution in [1.29, 1.82) is 0 Å². The molecule has 0 saturated carbocycles. The topological polar surface area (TPSA) is 72.1 Å². The number of rotatable bonds is 5. The van der Waals surface area contributed by atoms with Crippen molar-refractivity contribution in [3.05, 3.63) is 66.3 Å². The van der Waals surface area contributed by atoms with Crippen LogP contribution in [0.1, 0.15) is 30.5 Å². The molecule has 3 saturated heterocycles. The lowest BCUT2D eigenvalue weighted by atomic mass is 9.65. The molecule has 3 fully saturated rings. The predicted molar refractivity (Wildman–Crippen MR) is 116 cm³/mol. The molecule has 4 aliphatic heterocycles. The Hall–Kier alpha value is -2.18. The van der Waals surface area contributed by atoms with Gasteiger partial charge in [0.15, 0.2) is 0 Å². The van der Waals surface area contributed by atoms with Crippen LogP contribution in [0.5, 0.6) is 0 Å². The number of piperidine rings is 3. The maximum Gasteiger partial charge on any atom is 0.234 e. The fourth-order valence-corrected chi connectivity index (χ4v) is 7.11. The normalized spacial score (nSPS) is 33.4. The van der Waals surface area contributed by atoms with Gasteiger partial charge in [-0.1, -0.05) is 18.2 Å². The molecular weight excluding hydrogens is 380 g/mol. The molecule has 0 spiro atoms. The van der Waals surface area contributed by atoms with E-state index in [-0.39, 0.29) is 11.8 Å². The van der Waals surface area contributed by atoms with E-state index in [4.69, 9.17) is 5.73 Å². The van der Waals surface area contributed by atoms with Gasteiger partial charge in [-0.3, -0.25) is 19.7 Å². The van der Waals surface area contributed by atoms with Crippen LogP contribution in [0.4, 0.5) is 0 Å². The largest absolute Gasteiger partial charge is 0.368 e. The average molecular weight is 407 g/mol. The van der Waals surface area contributed by atoms with Crippen LogP contribution in [-0.2, 0) is 11.2 Å². The Morgan fingerprint density at radius 2 is 2.07 bits per heavy atom. The number of pyridine rings is 2. The molecule has 2 bridgehead atoms. The number of fused-ring (bicyclic) bond motifs is 3. The highest BCUT2D eigenvalue weighted by Gasteiger charge is 2.57. The number of nitrogens with zero attached hydrogens (tertiary/aromatic N) is 3. The van der Waals surface area contributed by atoms with Gasteiger partial charge in [0.1, 0.15) is 4.75 Å². The fourth-order valence-electron chi connectivity index (χ4n) is 5.57. The second-order valence-electron chi connectivity index (χ2n) is 8.38. The molecule has 150 valence electrons. The van der Waals surface area contributed by atoms with Gasteiger partial charge in [-0.25, -0.2) is 0 Å². The van der Waals surface area contributed by atoms with Crippen LogP contribution in [0, 0.1) is 11.8 Å². The first-order chi connectivity index (χ1) is 14.2. The van der Waals surface area contributed by atoms with E-state index in [9.17, 15) is 4.79 Å². The van der Waals surface area contributed by atoms with Gasteiger partial charge in [0.2, 0.25) is 5.91 Å². The predicted octanol–water partition coefficient (Wildman–Crippen LogP) is 3.13. The van der Waals surface area contributed by atoms with E-state index < -0.39 is 4.75 Å². The van der Waals surface area contributed by atoms with Crippen LogP contribution in [0.15, 0.2) is 55.0 Å². The van der Waals surface area contributed by atoms with Gasteiger partial charge in [-0.2, -0.15) is 0 Å². The number of aromatic nitrogens is 2. The molecule has 0 aliphatic carbocycles. The molecule has 2 N–H and O–H groups in total. The molecule has 1 amide bonds. The van der Waals surface area contributed by atoms with Gasteiger partial charge in [0.05, 0.1) is 5.69 Å². The summed E-state index contributed by atoms with van der Waals surface area (Å²) in [7, 11) is 0. The van der Waals surface area contributed by atoms with Gasteiger partial charge < -0.3 is 5.73 Å². The van der Waals surface area contributed by atoms with E-state index in [2.05, 4.69) is 27.0 Å². The fraction of sp³-hybridized carbons (Fsp3) is 0.435. The molecule has 3 unspecified atom stereocenters. The van der Waals surface area contributed by atoms with E-state index in [0.717, 1.165) is 43.0 Å². The average Bonchev–Trinajstić information content (AvgIpc) is 3.23. The summed E-state index contributed by atoms with van der Waals surface area (Å²) in [6.07, 6.45) is 11.7. The molecule has 2 aromatic heterocycles. The van der Waals surface area contributed by atoms with Crippen LogP contribution in [0.25, 0.3) is 4.91 Å². The van der Waals surface area contributed by atoms with E-state index in [1.807, 2.05) is 36.7 Å². The number of carbonyl (C=O) groups is 1. The summed E-state index contributed by atoms with van der Waals surface area (Å²) in [6.45, 7) is 2.23. The summed E-state index contributed by atoms with van der Waals surface area (Å²) in [4.78, 5) is 25.5. The summed E-state index contributed by atoms with van der Waals surface area (Å²) in [5.41, 5.74) is 8.31. The third-order valence-electron chi connectivity index (χ3n) is 6.89. The second kappa shape index (κ2) is 7.58. The lowest BCUT2D eigenvalue weighted by Crippen LogP contribution is -2.64. The van der Waals surface area contributed by atoms with Crippen molar-refractivity contribution < 1.29 is 4.79 Å². The maximum absolute atomic E-state index is 13.0. The smallest absolute Gasteiger partial charge is 0.234 e. The van der Waals surface area contributed by atoms with Crippen LogP contribution >= 0.6 is 11.8 Å². The van der Waals surface area contributed by atoms with Gasteiger partial charge in [0, 0.05) is 35.5 Å². The number of amides is 1. The molecule has 2 aromatic rings. The van der Waals surface area contributed by atoms with Crippen LogP contribution < -0.4 is 5.73 Å². The first-order valence-corrected chi connectivity index (χ1v) is 11.2. The highest BCUT2D eigenvalue weighted by molar-refractivity contribution is 8.10. The Labute approximate surface area is 175 Å². The van der Waals surface area contributed by atoms with Gasteiger partial charge in [0.25, 0.3) is 0 Å². The Morgan fingerprint density at radius 3 is 2.76 bits per heavy atom. The zero-order valence-electron chi connectivity index (χ0n) is 16.4. The number of primary amides is 1. The summed E-state index contributed by atoms with van der Waals surface area (Å²) in [5.74, 6) is 0.600. The minimum absolute atomic E-state index is 0.181. The number of hydrogen-bond donors (Lipinski definition) is 1. The molecule has 5 nitrogen and oxygen atoms in total. The van der Waals surface area contributed by atoms with Crippen molar-refractivity contribution in [2.75, 3.05) is 13.1 Å². The molecule has 6 heteroatoms. The molecule has 29 heavy (non-hydrogen) atoms. The SMILES string of the molecule is NC(=O)C1(C2C3CCN(CC3)C2Cc2cccnc2)CC=C(c2ccccn2)S1. The van der Waals surface area contributed by atoms with E-state index in [0.29, 0.717) is 18.4 Å². The Kier molecular flexibility index (Phi) is 4.92. The number of hydrogen-bond acceptors (Lipinski definition) is 5. The first-order valence-electron chi connectivity index (χ1n) is 10.4. The Morgan fingerprint density at radius 1 is 1.21 bits per heavy atom. The van der Waals surface area contributed by atoms with Crippen LogP contribution in [-0.4, -0.2) is 44.7 Å². The number of carbonyl (C=O) groups excluding carboxylic acids is 1. The lowest BCUT2D eigenvalue weighted by Gasteiger charge is -2.56. The van der Waals surface area contributed by atoms with Crippen molar-refractivity contribution in [2.24, 2.45) is 17.6 Å². The summed E-state index contributed by atoms with van der Waals surface area (Å²) in [5, 5.41) is 0. The standard InChI is InChI=1S/C23H26N4OS/c24-22(28)23(9-6-20(29-23)18-5-1-2-11-26-18)21-17-7-12-27(13-8-17)19(21)14-16-4-3-10-25-15-16/h1-6,10-11,15,17,19,21H,7-9,12-14H2,(H2,24,28). The molecule has 0 radical (unpaired) electrons. The maximum atomic E-state index is 13.0. The zero-order valence-corrected chi connectivity index (χ0v) is 17.2. The number of thioether (sulfide) groups is 1. The van der Waals surface area contributed by atoms with E-state index in [1.54, 1.807) is 18.0 Å². The van der Waals surface area contributed by atoms with Crippen LogP contribution in [0.2, 0.25) is 0 Å². The number of allylic oxidation sites excluding steroid dienone is 1. The molecule has 6 heterocycles. The summed E-state index contributed by atoms with van der Waals surface area (Å²) >= 11 is 1.66. The quantitative estimate of drug-likeness (QED) is 0.826. The van der Waals surface area contributed by atoms with Crippen molar-refractivity contribution in [2.45, 2.75) is 36.5 Å². The van der Waals surface area contributed by atoms with Crippen molar-refractivity contribution in [3.63, 3.8) is 0 Å². The van der Waals surface area contributed by atoms with Crippen molar-refractivity contribution >= 4 is 22.6 Å². The van der Waals surface area contributed by atoms with Crippen molar-refractivity contribution in [3.8, 4) is 0 Å². The lowest BCUT2D eigenvalue weighted by molar-refractivity contribution is -0.126. The third-order valence-corrected chi connectivity index (χ3v) is 8.49. The Balaban J connectivity index is 1.49. The highest BCUT2D eigenvalue weighted by Crippen LogP contribution is 2.57. The van der Waals surface area contributed by atoms with E-state index in [1.165, 1.54) is 5.56 Å². The summed E-state index contributed by atoms with van der Waals surface area (Å²) in [6, 6.07) is 10.4. The number of nitrogens with two attached hydrogens (primary N) is 1. The zero-order chi connectivity index (χ0) is 19.8. The van der Waals surface area contributed by atoms with Gasteiger partial charge >= 0.3 is 0 Å². The molecule has 4 aliphatic rings.